The van der Waals surface area contributed by atoms with Gasteiger partial charge in [-0.1, -0.05) is 23.2 Å². The van der Waals surface area contributed by atoms with Gasteiger partial charge in [-0.2, -0.15) is 10.1 Å². The van der Waals surface area contributed by atoms with Crippen molar-refractivity contribution in [2.24, 2.45) is 11.0 Å². The molecule has 3 rings (SSSR count). The van der Waals surface area contributed by atoms with Crippen LogP contribution in [0.1, 0.15) is 26.7 Å². The van der Waals surface area contributed by atoms with E-state index in [0.29, 0.717) is 63.8 Å². The zero-order chi connectivity index (χ0) is 22.0. The summed E-state index contributed by atoms with van der Waals surface area (Å²) in [6.45, 7) is 4.61. The number of anilines is 1. The Hall–Kier alpha value is -2.36. The molecule has 0 spiro atoms. The molecule has 2 heterocycles. The van der Waals surface area contributed by atoms with Gasteiger partial charge in [-0.15, -0.1) is 0 Å². The second kappa shape index (κ2) is 9.20. The van der Waals surface area contributed by atoms with Gasteiger partial charge in [0.1, 0.15) is 0 Å². The molecule has 3 N–H and O–H groups in total. The number of carbonyl (C=O) groups excluding carboxylic acids is 1. The number of carboxylic acids is 1. The Kier molecular flexibility index (Phi) is 6.84. The number of aliphatic carboxylic acids is 1. The van der Waals surface area contributed by atoms with Crippen LogP contribution >= 0.6 is 35.4 Å². The summed E-state index contributed by atoms with van der Waals surface area (Å²) in [5.74, 6) is -1.40. The molecule has 2 aliphatic heterocycles. The Morgan fingerprint density at radius 2 is 1.90 bits per heavy atom. The highest BCUT2D eigenvalue weighted by Crippen LogP contribution is 2.30. The molecule has 1 amide bonds. The van der Waals surface area contributed by atoms with Crippen molar-refractivity contribution >= 4 is 63.8 Å². The summed E-state index contributed by atoms with van der Waals surface area (Å²) >= 11 is 17.4. The zero-order valence-corrected chi connectivity index (χ0v) is 18.7. The van der Waals surface area contributed by atoms with Crippen LogP contribution in [0.5, 0.6) is 0 Å². The van der Waals surface area contributed by atoms with E-state index in [9.17, 15) is 9.59 Å². The number of thiocarbonyl (C=S) groups is 1. The normalized spacial score (nSPS) is 18.9. The standard InChI is InChI=1S/C19H21Cl2N5O3S/c1-10(22-23-19(30)25-7-5-12(6-8-25)18(28)29)16-11(2)24-26(17(16)27)13-3-4-14(20)15(21)9-13/h3-4,9,12,22H,5-8H2,1-2H3,(H,23,30)(H,28,29)/b16-10-. The molecule has 1 fully saturated rings. The first kappa shape index (κ1) is 22.3. The van der Waals surface area contributed by atoms with Crippen LogP contribution in [0.3, 0.4) is 0 Å². The van der Waals surface area contributed by atoms with E-state index in [1.807, 2.05) is 4.90 Å². The maximum absolute atomic E-state index is 12.9. The van der Waals surface area contributed by atoms with E-state index in [4.69, 9.17) is 40.5 Å². The summed E-state index contributed by atoms with van der Waals surface area (Å²) in [7, 11) is 0. The van der Waals surface area contributed by atoms with Crippen LogP contribution in [0.15, 0.2) is 34.6 Å². The fourth-order valence-electron chi connectivity index (χ4n) is 3.35. The van der Waals surface area contributed by atoms with Gasteiger partial charge in [-0.25, -0.2) is 0 Å². The van der Waals surface area contributed by atoms with E-state index in [1.54, 1.807) is 32.0 Å². The third-order valence-corrected chi connectivity index (χ3v) is 6.13. The van der Waals surface area contributed by atoms with Crippen molar-refractivity contribution in [3.8, 4) is 0 Å². The van der Waals surface area contributed by atoms with Crippen molar-refractivity contribution in [1.82, 2.24) is 15.8 Å². The third kappa shape index (κ3) is 4.69. The average molecular weight is 470 g/mol. The summed E-state index contributed by atoms with van der Waals surface area (Å²) in [5, 5.41) is 15.9. The van der Waals surface area contributed by atoms with Crippen LogP contribution in [0.25, 0.3) is 0 Å². The summed E-state index contributed by atoms with van der Waals surface area (Å²) in [5.41, 5.74) is 7.93. The maximum atomic E-state index is 12.9. The highest BCUT2D eigenvalue weighted by molar-refractivity contribution is 7.80. The fraction of sp³-hybridized carbons (Fsp3) is 0.368. The lowest BCUT2D eigenvalue weighted by molar-refractivity contribution is -0.143. The Balaban J connectivity index is 1.64. The van der Waals surface area contributed by atoms with Gasteiger partial charge in [0.25, 0.3) is 5.91 Å². The molecule has 0 aliphatic carbocycles. The first-order chi connectivity index (χ1) is 14.2. The summed E-state index contributed by atoms with van der Waals surface area (Å²) in [4.78, 5) is 25.9. The van der Waals surface area contributed by atoms with Crippen molar-refractivity contribution in [1.29, 1.82) is 0 Å². The van der Waals surface area contributed by atoms with Crippen LogP contribution in [-0.4, -0.2) is 45.8 Å². The molecule has 0 radical (unpaired) electrons. The second-order valence-electron chi connectivity index (χ2n) is 7.06. The maximum Gasteiger partial charge on any atom is 0.306 e. The molecule has 0 atom stereocenters. The minimum Gasteiger partial charge on any atom is -0.481 e. The molecular weight excluding hydrogens is 449 g/mol. The van der Waals surface area contributed by atoms with Crippen LogP contribution in [0, 0.1) is 5.92 Å². The number of rotatable bonds is 4. The number of carbonyl (C=O) groups is 2. The van der Waals surface area contributed by atoms with E-state index < -0.39 is 5.97 Å². The van der Waals surface area contributed by atoms with Crippen molar-refractivity contribution in [2.45, 2.75) is 26.7 Å². The number of allylic oxidation sites excluding steroid dienone is 1. The minimum absolute atomic E-state index is 0.300. The highest BCUT2D eigenvalue weighted by atomic mass is 35.5. The quantitative estimate of drug-likeness (QED) is 0.353. The predicted octanol–water partition coefficient (Wildman–Crippen LogP) is 3.17. The summed E-state index contributed by atoms with van der Waals surface area (Å²) < 4.78 is 0. The van der Waals surface area contributed by atoms with E-state index in [2.05, 4.69) is 16.0 Å². The van der Waals surface area contributed by atoms with Crippen molar-refractivity contribution in [2.75, 3.05) is 18.1 Å². The molecule has 11 heteroatoms. The van der Waals surface area contributed by atoms with Gasteiger partial charge in [0, 0.05) is 18.8 Å². The molecule has 8 nitrogen and oxygen atoms in total. The lowest BCUT2D eigenvalue weighted by Crippen LogP contribution is -2.49. The molecule has 1 saturated heterocycles. The number of nitrogens with one attached hydrogen (secondary N) is 2. The fourth-order valence-corrected chi connectivity index (χ4v) is 3.87. The zero-order valence-electron chi connectivity index (χ0n) is 16.4. The number of piperidine rings is 1. The largest absolute Gasteiger partial charge is 0.481 e. The van der Waals surface area contributed by atoms with Crippen LogP contribution < -0.4 is 15.9 Å². The molecule has 1 aromatic carbocycles. The Bertz CT molecular complexity index is 957. The Morgan fingerprint density at radius 1 is 1.23 bits per heavy atom. The molecule has 1 aromatic rings. The third-order valence-electron chi connectivity index (χ3n) is 5.03. The smallest absolute Gasteiger partial charge is 0.306 e. The lowest BCUT2D eigenvalue weighted by Gasteiger charge is -2.32. The number of hydrogen-bond donors (Lipinski definition) is 3. The number of hydrogen-bond acceptors (Lipinski definition) is 5. The van der Waals surface area contributed by atoms with Gasteiger partial charge >= 0.3 is 5.97 Å². The average Bonchev–Trinajstić information content (AvgIpc) is 3.02. The second-order valence-corrected chi connectivity index (χ2v) is 8.26. The van der Waals surface area contributed by atoms with E-state index in [1.165, 1.54) is 5.01 Å². The SMILES string of the molecule is CC1=NN(c2ccc(Cl)c(Cl)c2)C(=O)/C1=C(/C)NNC(=S)N1CCC(C(=O)O)CC1. The molecule has 0 saturated carbocycles. The monoisotopic (exact) mass is 469 g/mol. The first-order valence-electron chi connectivity index (χ1n) is 9.28. The van der Waals surface area contributed by atoms with Gasteiger partial charge in [-0.3, -0.25) is 15.0 Å². The van der Waals surface area contributed by atoms with Gasteiger partial charge < -0.3 is 15.4 Å². The van der Waals surface area contributed by atoms with Gasteiger partial charge in [-0.05, 0) is 57.1 Å². The van der Waals surface area contributed by atoms with Gasteiger partial charge in [0.05, 0.1) is 32.9 Å². The first-order valence-corrected chi connectivity index (χ1v) is 10.4. The summed E-state index contributed by atoms with van der Waals surface area (Å²) in [6.07, 6.45) is 1.08. The predicted molar refractivity (Wildman–Crippen MR) is 121 cm³/mol. The van der Waals surface area contributed by atoms with Crippen molar-refractivity contribution < 1.29 is 14.7 Å². The number of halogens is 2. The molecule has 0 bridgehead atoms. The molecule has 0 aromatic heterocycles. The van der Waals surface area contributed by atoms with Crippen molar-refractivity contribution in [3.05, 3.63) is 39.5 Å². The number of nitrogens with zero attached hydrogens (tertiary/aromatic N) is 3. The number of carboxylic acid groups (broad SMARTS) is 1. The van der Waals surface area contributed by atoms with E-state index in [-0.39, 0.29) is 11.8 Å². The topological polar surface area (TPSA) is 97.3 Å². The molecule has 2 aliphatic rings. The molecular formula is C19H21Cl2N5O3S. The molecule has 160 valence electrons. The molecule has 30 heavy (non-hydrogen) atoms. The van der Waals surface area contributed by atoms with Crippen LogP contribution in [-0.2, 0) is 9.59 Å². The lowest BCUT2D eigenvalue weighted by atomic mass is 9.97. The highest BCUT2D eigenvalue weighted by Gasteiger charge is 2.31. The Morgan fingerprint density at radius 3 is 2.50 bits per heavy atom. The minimum atomic E-state index is -0.770. The van der Waals surface area contributed by atoms with Gasteiger partial charge in [0.2, 0.25) is 0 Å². The number of hydrazine groups is 1. The van der Waals surface area contributed by atoms with Crippen molar-refractivity contribution in [3.63, 3.8) is 0 Å². The van der Waals surface area contributed by atoms with Gasteiger partial charge in [0.15, 0.2) is 5.11 Å². The number of amides is 1. The molecule has 0 unspecified atom stereocenters. The summed E-state index contributed by atoms with van der Waals surface area (Å²) in [6, 6.07) is 4.86. The van der Waals surface area contributed by atoms with E-state index in [0.717, 1.165) is 0 Å². The van der Waals surface area contributed by atoms with Crippen LogP contribution in [0.2, 0.25) is 10.0 Å². The number of likely N-dealkylation sites (tertiary alicyclic amines) is 1. The van der Waals surface area contributed by atoms with E-state index >= 15 is 0 Å². The van der Waals surface area contributed by atoms with Crippen LogP contribution in [0.4, 0.5) is 5.69 Å². The number of hydrazone groups is 1. The Labute approximate surface area is 189 Å². The number of benzene rings is 1.